The van der Waals surface area contributed by atoms with Crippen LogP contribution in [0.3, 0.4) is 0 Å². The molecule has 1 saturated carbocycles. The summed E-state index contributed by atoms with van der Waals surface area (Å²) in [7, 11) is 0. The second-order valence-electron chi connectivity index (χ2n) is 9.15. The molecule has 0 unspecified atom stereocenters. The summed E-state index contributed by atoms with van der Waals surface area (Å²) < 4.78 is 7.55. The van der Waals surface area contributed by atoms with Crippen LogP contribution in [0.5, 0.6) is 0 Å². The van der Waals surface area contributed by atoms with Gasteiger partial charge in [-0.25, -0.2) is 4.98 Å². The minimum Gasteiger partial charge on any atom is -0.379 e. The van der Waals surface area contributed by atoms with Crippen molar-refractivity contribution in [2.75, 3.05) is 45.9 Å². The number of ether oxygens (including phenoxy) is 1. The van der Waals surface area contributed by atoms with Crippen LogP contribution >= 0.6 is 0 Å². The van der Waals surface area contributed by atoms with E-state index in [1.165, 1.54) is 6.42 Å². The number of morpholine rings is 1. The summed E-state index contributed by atoms with van der Waals surface area (Å²) >= 11 is 0. The number of fused-ring (bicyclic) bond motifs is 1. The van der Waals surface area contributed by atoms with Crippen LogP contribution in [0.2, 0.25) is 0 Å². The lowest BCUT2D eigenvalue weighted by atomic mass is 9.48. The van der Waals surface area contributed by atoms with Gasteiger partial charge in [0, 0.05) is 63.5 Å². The van der Waals surface area contributed by atoms with Gasteiger partial charge in [0.05, 0.1) is 19.5 Å². The van der Waals surface area contributed by atoms with Crippen molar-refractivity contribution in [1.82, 2.24) is 19.4 Å². The number of carbonyl (C=O) groups is 1. The van der Waals surface area contributed by atoms with E-state index in [4.69, 9.17) is 4.74 Å². The number of imidazole rings is 1. The van der Waals surface area contributed by atoms with Crippen molar-refractivity contribution in [2.24, 2.45) is 16.7 Å². The van der Waals surface area contributed by atoms with Gasteiger partial charge in [-0.1, -0.05) is 13.8 Å². The summed E-state index contributed by atoms with van der Waals surface area (Å²) in [5.41, 5.74) is 0.666. The van der Waals surface area contributed by atoms with Gasteiger partial charge in [0.2, 0.25) is 5.91 Å². The van der Waals surface area contributed by atoms with E-state index in [0.29, 0.717) is 29.1 Å². The number of carbonyl (C=O) groups excluding carboxylic acids is 1. The van der Waals surface area contributed by atoms with Crippen LogP contribution in [0, 0.1) is 16.7 Å². The molecule has 1 amide bonds. The highest BCUT2D eigenvalue weighted by Crippen LogP contribution is 2.63. The van der Waals surface area contributed by atoms with Crippen LogP contribution in [0.4, 0.5) is 0 Å². The zero-order chi connectivity index (χ0) is 18.2. The van der Waals surface area contributed by atoms with E-state index in [2.05, 4.69) is 28.6 Å². The lowest BCUT2D eigenvalue weighted by molar-refractivity contribution is -0.130. The quantitative estimate of drug-likeness (QED) is 0.777. The monoisotopic (exact) mass is 360 g/mol. The molecule has 26 heavy (non-hydrogen) atoms. The van der Waals surface area contributed by atoms with Gasteiger partial charge in [-0.15, -0.1) is 0 Å². The van der Waals surface area contributed by atoms with Crippen LogP contribution < -0.4 is 0 Å². The van der Waals surface area contributed by atoms with Crippen molar-refractivity contribution >= 4 is 5.91 Å². The first-order valence-corrected chi connectivity index (χ1v) is 10.0. The van der Waals surface area contributed by atoms with E-state index in [9.17, 15) is 4.79 Å². The number of aryl methyl sites for hydroxylation is 1. The number of nitrogens with zero attached hydrogens (tertiary/aromatic N) is 4. The third-order valence-electron chi connectivity index (χ3n) is 6.76. The zero-order valence-corrected chi connectivity index (χ0v) is 16.2. The molecule has 0 radical (unpaired) electrons. The average Bonchev–Trinajstić information content (AvgIpc) is 3.22. The number of amides is 1. The molecular weight excluding hydrogens is 328 g/mol. The van der Waals surface area contributed by atoms with E-state index in [-0.39, 0.29) is 0 Å². The number of rotatable bonds is 6. The Balaban J connectivity index is 1.34. The number of hydrogen-bond donors (Lipinski definition) is 0. The minimum absolute atomic E-state index is 0.306. The fraction of sp³-hybridized carbons (Fsp3) is 0.800. The van der Waals surface area contributed by atoms with Gasteiger partial charge < -0.3 is 14.2 Å². The first kappa shape index (κ1) is 18.0. The Labute approximate surface area is 156 Å². The Bertz CT molecular complexity index is 624. The molecule has 144 valence electrons. The predicted molar refractivity (Wildman–Crippen MR) is 99.6 cm³/mol. The molecule has 0 spiro atoms. The second-order valence-corrected chi connectivity index (χ2v) is 9.15. The summed E-state index contributed by atoms with van der Waals surface area (Å²) in [6.45, 7) is 12.4. The van der Waals surface area contributed by atoms with Crippen LogP contribution in [0.15, 0.2) is 18.7 Å². The maximum atomic E-state index is 12.8. The van der Waals surface area contributed by atoms with Gasteiger partial charge >= 0.3 is 0 Å². The van der Waals surface area contributed by atoms with E-state index in [1.54, 1.807) is 6.20 Å². The number of aromatic nitrogens is 2. The smallest absolute Gasteiger partial charge is 0.222 e. The van der Waals surface area contributed by atoms with Gasteiger partial charge in [-0.05, 0) is 24.2 Å². The fourth-order valence-corrected chi connectivity index (χ4v) is 5.72. The highest BCUT2D eigenvalue weighted by Gasteiger charge is 2.63. The van der Waals surface area contributed by atoms with Crippen molar-refractivity contribution in [3.8, 4) is 0 Å². The first-order chi connectivity index (χ1) is 12.5. The van der Waals surface area contributed by atoms with Crippen molar-refractivity contribution < 1.29 is 9.53 Å². The third kappa shape index (κ3) is 3.41. The van der Waals surface area contributed by atoms with Crippen molar-refractivity contribution in [2.45, 2.75) is 39.7 Å². The summed E-state index contributed by atoms with van der Waals surface area (Å²) in [6.07, 6.45) is 8.33. The molecule has 0 N–H and O–H groups in total. The maximum Gasteiger partial charge on any atom is 0.222 e. The van der Waals surface area contributed by atoms with Gasteiger partial charge in [-0.3, -0.25) is 9.69 Å². The third-order valence-corrected chi connectivity index (χ3v) is 6.76. The van der Waals surface area contributed by atoms with Crippen LogP contribution in [0.25, 0.3) is 0 Å². The minimum atomic E-state index is 0.306. The van der Waals surface area contributed by atoms with Gasteiger partial charge in [0.1, 0.15) is 0 Å². The van der Waals surface area contributed by atoms with Crippen LogP contribution in [-0.4, -0.2) is 71.2 Å². The fourth-order valence-electron chi connectivity index (χ4n) is 5.72. The molecule has 3 aliphatic rings. The molecule has 3 fully saturated rings. The second kappa shape index (κ2) is 6.97. The summed E-state index contributed by atoms with van der Waals surface area (Å²) in [5.74, 6) is 0.965. The Kier molecular flexibility index (Phi) is 4.82. The highest BCUT2D eigenvalue weighted by atomic mass is 16.5. The molecule has 3 heterocycles. The largest absolute Gasteiger partial charge is 0.379 e. The van der Waals surface area contributed by atoms with Crippen molar-refractivity contribution in [3.05, 3.63) is 18.7 Å². The van der Waals surface area contributed by atoms with Gasteiger partial charge in [-0.2, -0.15) is 0 Å². The summed E-state index contributed by atoms with van der Waals surface area (Å²) in [6, 6.07) is 0. The zero-order valence-electron chi connectivity index (χ0n) is 16.2. The Morgan fingerprint density at radius 3 is 2.81 bits per heavy atom. The lowest BCUT2D eigenvalue weighted by Crippen LogP contribution is -2.59. The Morgan fingerprint density at radius 1 is 1.31 bits per heavy atom. The molecule has 0 aromatic carbocycles. The van der Waals surface area contributed by atoms with Crippen molar-refractivity contribution in [1.29, 1.82) is 0 Å². The molecule has 1 aromatic rings. The number of likely N-dealkylation sites (tertiary alicyclic amines) is 1. The highest BCUT2D eigenvalue weighted by molar-refractivity contribution is 5.76. The predicted octanol–water partition coefficient (Wildman–Crippen LogP) is 1.87. The van der Waals surface area contributed by atoms with E-state index in [0.717, 1.165) is 58.9 Å². The summed E-state index contributed by atoms with van der Waals surface area (Å²) in [4.78, 5) is 21.6. The molecular formula is C20H32N4O2. The molecule has 2 atom stereocenters. The number of hydrogen-bond acceptors (Lipinski definition) is 4. The Hall–Kier alpha value is -1.40. The lowest BCUT2D eigenvalue weighted by Gasteiger charge is -2.58. The average molecular weight is 361 g/mol. The normalized spacial score (nSPS) is 30.8. The molecule has 2 saturated heterocycles. The topological polar surface area (TPSA) is 50.6 Å². The Morgan fingerprint density at radius 2 is 2.12 bits per heavy atom. The molecule has 6 heteroatoms. The van der Waals surface area contributed by atoms with Crippen LogP contribution in [0.1, 0.15) is 33.1 Å². The van der Waals surface area contributed by atoms with E-state index >= 15 is 0 Å². The van der Waals surface area contributed by atoms with E-state index < -0.39 is 0 Å². The molecule has 6 nitrogen and oxygen atoms in total. The molecule has 1 aromatic heterocycles. The van der Waals surface area contributed by atoms with Gasteiger partial charge in [0.25, 0.3) is 0 Å². The SMILES string of the molecule is CC1(C)C[C@]2(CN3CCOCC3)CN(C(=O)CCCn3ccnc3)C[C@H]12. The molecule has 4 rings (SSSR count). The molecule has 0 bridgehead atoms. The maximum absolute atomic E-state index is 12.8. The van der Waals surface area contributed by atoms with Crippen molar-refractivity contribution in [3.63, 3.8) is 0 Å². The van der Waals surface area contributed by atoms with Crippen LogP contribution in [-0.2, 0) is 16.1 Å². The molecule has 2 aliphatic heterocycles. The standard InChI is InChI=1S/C20H32N4O2/c1-19(2)13-20(14-22-8-10-26-11-9-22)15-24(12-17(19)20)18(25)4-3-6-23-7-5-21-16-23/h5,7,16-17H,3-4,6,8-15H2,1-2H3/t17-,20+/m1/s1. The first-order valence-electron chi connectivity index (χ1n) is 10.0. The molecule has 1 aliphatic carbocycles. The summed E-state index contributed by atoms with van der Waals surface area (Å²) in [5, 5.41) is 0. The van der Waals surface area contributed by atoms with Gasteiger partial charge in [0.15, 0.2) is 0 Å². The van der Waals surface area contributed by atoms with E-state index in [1.807, 2.05) is 17.1 Å².